The molecule has 0 amide bonds. The van der Waals surface area contributed by atoms with E-state index in [4.69, 9.17) is 4.74 Å². The third kappa shape index (κ3) is 2.50. The Morgan fingerprint density at radius 3 is 2.71 bits per heavy atom. The minimum absolute atomic E-state index is 0.246. The molecule has 0 aliphatic heterocycles. The van der Waals surface area contributed by atoms with Gasteiger partial charge in [-0.25, -0.2) is 0 Å². The molecule has 0 bridgehead atoms. The molecule has 88 valence electrons. The van der Waals surface area contributed by atoms with E-state index >= 15 is 0 Å². The second-order valence-corrected chi connectivity index (χ2v) is 4.60. The van der Waals surface area contributed by atoms with E-state index in [0.717, 1.165) is 16.3 Å². The quantitative estimate of drug-likeness (QED) is 0.635. The van der Waals surface area contributed by atoms with Gasteiger partial charge in [0.05, 0.1) is 6.61 Å². The van der Waals surface area contributed by atoms with Gasteiger partial charge in [-0.15, -0.1) is 0 Å². The highest BCUT2D eigenvalue weighted by Gasteiger charge is 2.19. The average Bonchev–Trinajstić information content (AvgIpc) is 2.37. The lowest BCUT2D eigenvalue weighted by Gasteiger charge is -2.12. The number of alkyl halides is 1. The van der Waals surface area contributed by atoms with Crippen molar-refractivity contribution < 1.29 is 9.53 Å². The number of esters is 1. The van der Waals surface area contributed by atoms with Gasteiger partial charge in [0, 0.05) is 0 Å². The van der Waals surface area contributed by atoms with Gasteiger partial charge in [-0.3, -0.25) is 4.79 Å². The van der Waals surface area contributed by atoms with Crippen LogP contribution in [0.5, 0.6) is 0 Å². The summed E-state index contributed by atoms with van der Waals surface area (Å²) in [6.45, 7) is 2.20. The van der Waals surface area contributed by atoms with E-state index in [0.29, 0.717) is 6.61 Å². The molecule has 0 spiro atoms. The Kier molecular flexibility index (Phi) is 3.79. The van der Waals surface area contributed by atoms with Crippen LogP contribution in [0, 0.1) is 0 Å². The van der Waals surface area contributed by atoms with Gasteiger partial charge in [0.25, 0.3) is 0 Å². The second kappa shape index (κ2) is 5.32. The van der Waals surface area contributed by atoms with Crippen LogP contribution in [0.25, 0.3) is 10.8 Å². The summed E-state index contributed by atoms with van der Waals surface area (Å²) >= 11 is 3.40. The van der Waals surface area contributed by atoms with Crippen LogP contribution >= 0.6 is 15.9 Å². The molecule has 17 heavy (non-hydrogen) atoms. The molecule has 0 N–H and O–H groups in total. The maximum atomic E-state index is 11.7. The van der Waals surface area contributed by atoms with Crippen LogP contribution in [0.3, 0.4) is 0 Å². The number of rotatable bonds is 3. The van der Waals surface area contributed by atoms with Crippen molar-refractivity contribution in [3.8, 4) is 0 Å². The predicted octanol–water partition coefficient (Wildman–Crippen LogP) is 3.84. The number of carbonyl (C=O) groups excluding carboxylic acids is 1. The predicted molar refractivity (Wildman–Crippen MR) is 72.2 cm³/mol. The molecule has 0 aliphatic rings. The Balaban J connectivity index is 2.44. The van der Waals surface area contributed by atoms with Gasteiger partial charge in [-0.2, -0.15) is 0 Å². The minimum atomic E-state index is -0.409. The van der Waals surface area contributed by atoms with Crippen molar-refractivity contribution in [3.63, 3.8) is 0 Å². The van der Waals surface area contributed by atoms with Crippen molar-refractivity contribution in [2.75, 3.05) is 6.61 Å². The molecule has 0 unspecified atom stereocenters. The van der Waals surface area contributed by atoms with E-state index in [1.54, 1.807) is 6.92 Å². The second-order valence-electron chi connectivity index (χ2n) is 3.68. The van der Waals surface area contributed by atoms with Crippen LogP contribution in [0.4, 0.5) is 0 Å². The van der Waals surface area contributed by atoms with Gasteiger partial charge in [-0.1, -0.05) is 58.4 Å². The lowest BCUT2D eigenvalue weighted by molar-refractivity contribution is -0.142. The number of hydrogen-bond acceptors (Lipinski definition) is 2. The molecule has 0 aromatic heterocycles. The Bertz CT molecular complexity index is 531. The summed E-state index contributed by atoms with van der Waals surface area (Å²) in [5.74, 6) is -0.246. The molecule has 2 rings (SSSR count). The third-order valence-electron chi connectivity index (χ3n) is 2.59. The summed E-state index contributed by atoms with van der Waals surface area (Å²) in [4.78, 5) is 11.3. The molecular formula is C14H13BrO2. The summed E-state index contributed by atoms with van der Waals surface area (Å²) in [5, 5.41) is 2.20. The van der Waals surface area contributed by atoms with Gasteiger partial charge in [0.2, 0.25) is 0 Å². The highest BCUT2D eigenvalue weighted by molar-refractivity contribution is 9.09. The first-order chi connectivity index (χ1) is 8.24. The molecule has 0 saturated carbocycles. The number of carbonyl (C=O) groups is 1. The summed E-state index contributed by atoms with van der Waals surface area (Å²) in [5.41, 5.74) is 0.946. The lowest BCUT2D eigenvalue weighted by Crippen LogP contribution is -2.10. The van der Waals surface area contributed by atoms with Crippen molar-refractivity contribution in [1.82, 2.24) is 0 Å². The van der Waals surface area contributed by atoms with E-state index in [1.165, 1.54) is 0 Å². The number of fused-ring (bicyclic) bond motifs is 1. The first-order valence-corrected chi connectivity index (χ1v) is 6.44. The molecule has 2 aromatic rings. The molecule has 2 nitrogen and oxygen atoms in total. The minimum Gasteiger partial charge on any atom is -0.465 e. The zero-order chi connectivity index (χ0) is 12.3. The van der Waals surface area contributed by atoms with Crippen LogP contribution in [0.15, 0.2) is 42.5 Å². The molecular weight excluding hydrogens is 280 g/mol. The van der Waals surface area contributed by atoms with E-state index in [1.807, 2.05) is 42.5 Å². The van der Waals surface area contributed by atoms with E-state index < -0.39 is 4.83 Å². The highest BCUT2D eigenvalue weighted by Crippen LogP contribution is 2.30. The first kappa shape index (κ1) is 12.1. The number of benzene rings is 2. The van der Waals surface area contributed by atoms with Crippen molar-refractivity contribution in [2.24, 2.45) is 0 Å². The molecule has 0 heterocycles. The zero-order valence-electron chi connectivity index (χ0n) is 9.52. The van der Waals surface area contributed by atoms with Gasteiger partial charge >= 0.3 is 5.97 Å². The summed E-state index contributed by atoms with van der Waals surface area (Å²) < 4.78 is 5.02. The maximum absolute atomic E-state index is 11.7. The fraction of sp³-hybridized carbons (Fsp3) is 0.214. The number of halogens is 1. The summed E-state index contributed by atoms with van der Waals surface area (Å²) in [6, 6.07) is 13.9. The number of ether oxygens (including phenoxy) is 1. The highest BCUT2D eigenvalue weighted by atomic mass is 79.9. The Morgan fingerprint density at radius 1 is 1.24 bits per heavy atom. The molecule has 2 aromatic carbocycles. The fourth-order valence-corrected chi connectivity index (χ4v) is 2.35. The van der Waals surface area contributed by atoms with Crippen LogP contribution in [0.2, 0.25) is 0 Å². The van der Waals surface area contributed by atoms with Crippen molar-refractivity contribution in [1.29, 1.82) is 0 Å². The van der Waals surface area contributed by atoms with Crippen LogP contribution in [-0.2, 0) is 9.53 Å². The smallest absolute Gasteiger partial charge is 0.324 e. The van der Waals surface area contributed by atoms with E-state index in [2.05, 4.69) is 15.9 Å². The summed E-state index contributed by atoms with van der Waals surface area (Å²) in [6.07, 6.45) is 0. The molecule has 0 fully saturated rings. The third-order valence-corrected chi connectivity index (χ3v) is 3.46. The van der Waals surface area contributed by atoms with E-state index in [9.17, 15) is 4.79 Å². The largest absolute Gasteiger partial charge is 0.465 e. The van der Waals surface area contributed by atoms with Crippen LogP contribution in [0.1, 0.15) is 17.3 Å². The molecule has 3 heteroatoms. The standard InChI is InChI=1S/C14H13BrO2/c1-2-17-14(16)13(15)12-9-5-7-10-6-3-4-8-11(10)12/h3-9,13H,2H2,1H3/t13-/m1/s1. The first-order valence-electron chi connectivity index (χ1n) is 5.52. The van der Waals surface area contributed by atoms with Crippen molar-refractivity contribution >= 4 is 32.7 Å². The number of hydrogen-bond donors (Lipinski definition) is 0. The Hall–Kier alpha value is -1.35. The molecule has 1 atom stereocenters. The van der Waals surface area contributed by atoms with Crippen molar-refractivity contribution in [2.45, 2.75) is 11.8 Å². The molecule has 0 radical (unpaired) electrons. The van der Waals surface area contributed by atoms with Gasteiger partial charge in [0.1, 0.15) is 4.83 Å². The van der Waals surface area contributed by atoms with Gasteiger partial charge in [-0.05, 0) is 23.3 Å². The lowest BCUT2D eigenvalue weighted by atomic mass is 10.0. The Morgan fingerprint density at radius 2 is 1.94 bits per heavy atom. The molecule has 0 aliphatic carbocycles. The van der Waals surface area contributed by atoms with Gasteiger partial charge < -0.3 is 4.74 Å². The van der Waals surface area contributed by atoms with E-state index in [-0.39, 0.29) is 5.97 Å². The normalized spacial score (nSPS) is 12.4. The SMILES string of the molecule is CCOC(=O)[C@H](Br)c1cccc2ccccc12. The van der Waals surface area contributed by atoms with Gasteiger partial charge in [0.15, 0.2) is 0 Å². The maximum Gasteiger partial charge on any atom is 0.324 e. The zero-order valence-corrected chi connectivity index (χ0v) is 11.1. The Labute approximate surface area is 109 Å². The fourth-order valence-electron chi connectivity index (χ4n) is 1.81. The average molecular weight is 293 g/mol. The topological polar surface area (TPSA) is 26.3 Å². The van der Waals surface area contributed by atoms with Crippen molar-refractivity contribution in [3.05, 3.63) is 48.0 Å². The monoisotopic (exact) mass is 292 g/mol. The van der Waals surface area contributed by atoms with Crippen LogP contribution in [-0.4, -0.2) is 12.6 Å². The van der Waals surface area contributed by atoms with Crippen LogP contribution < -0.4 is 0 Å². The molecule has 0 saturated heterocycles. The summed E-state index contributed by atoms with van der Waals surface area (Å²) in [7, 11) is 0.